The van der Waals surface area contributed by atoms with Crippen LogP contribution in [-0.4, -0.2) is 22.9 Å². The fourth-order valence-corrected chi connectivity index (χ4v) is 3.41. The Kier molecular flexibility index (Phi) is 3.92. The Morgan fingerprint density at radius 1 is 0.923 bits per heavy atom. The summed E-state index contributed by atoms with van der Waals surface area (Å²) >= 11 is 0. The molecule has 0 aromatic heterocycles. The number of hydrogen-bond donors (Lipinski definition) is 0. The minimum Gasteiger partial charge on any atom is -0.282 e. The van der Waals surface area contributed by atoms with Crippen LogP contribution in [0, 0.1) is 5.82 Å². The summed E-state index contributed by atoms with van der Waals surface area (Å²) in [6.45, 7) is 1.90. The average molecular weight is 348 g/mol. The zero-order valence-corrected chi connectivity index (χ0v) is 14.2. The third-order valence-corrected chi connectivity index (χ3v) is 4.76. The number of fused-ring (bicyclic) bond motifs is 1. The molecule has 1 aliphatic heterocycles. The Morgan fingerprint density at radius 2 is 1.62 bits per heavy atom. The molecule has 3 amide bonds. The van der Waals surface area contributed by atoms with E-state index < -0.39 is 6.04 Å². The number of urea groups is 1. The van der Waals surface area contributed by atoms with Gasteiger partial charge in [0.05, 0.1) is 6.54 Å². The van der Waals surface area contributed by atoms with Crippen LogP contribution in [0.2, 0.25) is 0 Å². The number of benzene rings is 3. The summed E-state index contributed by atoms with van der Waals surface area (Å²) in [6.07, 6.45) is 0. The van der Waals surface area contributed by atoms with Gasteiger partial charge in [-0.25, -0.2) is 9.18 Å². The largest absolute Gasteiger partial charge is 0.332 e. The van der Waals surface area contributed by atoms with Crippen LogP contribution in [-0.2, 0) is 11.3 Å². The van der Waals surface area contributed by atoms with Gasteiger partial charge in [-0.15, -0.1) is 0 Å². The first-order valence-corrected chi connectivity index (χ1v) is 8.43. The van der Waals surface area contributed by atoms with E-state index in [9.17, 15) is 14.0 Å². The molecule has 3 aromatic carbocycles. The molecule has 1 heterocycles. The monoisotopic (exact) mass is 348 g/mol. The lowest BCUT2D eigenvalue weighted by Gasteiger charge is -2.19. The van der Waals surface area contributed by atoms with E-state index in [4.69, 9.17) is 0 Å². The Hall–Kier alpha value is -3.21. The first-order valence-electron chi connectivity index (χ1n) is 8.43. The van der Waals surface area contributed by atoms with E-state index in [0.29, 0.717) is 5.69 Å². The van der Waals surface area contributed by atoms with Crippen molar-refractivity contribution < 1.29 is 14.0 Å². The molecule has 0 spiro atoms. The van der Waals surface area contributed by atoms with E-state index >= 15 is 0 Å². The van der Waals surface area contributed by atoms with Crippen LogP contribution in [0.1, 0.15) is 12.5 Å². The number of rotatable bonds is 3. The van der Waals surface area contributed by atoms with Crippen LogP contribution in [0.15, 0.2) is 66.7 Å². The molecule has 1 saturated heterocycles. The van der Waals surface area contributed by atoms with E-state index in [0.717, 1.165) is 16.3 Å². The first kappa shape index (κ1) is 16.3. The van der Waals surface area contributed by atoms with Crippen molar-refractivity contribution in [3.8, 4) is 0 Å². The van der Waals surface area contributed by atoms with Crippen molar-refractivity contribution in [2.45, 2.75) is 19.5 Å². The van der Waals surface area contributed by atoms with Crippen LogP contribution >= 0.6 is 0 Å². The molecule has 0 radical (unpaired) electrons. The number of nitrogens with zero attached hydrogens (tertiary/aromatic N) is 2. The van der Waals surface area contributed by atoms with Crippen molar-refractivity contribution >= 4 is 28.4 Å². The van der Waals surface area contributed by atoms with Gasteiger partial charge in [0.2, 0.25) is 0 Å². The third-order valence-electron chi connectivity index (χ3n) is 4.76. The maximum atomic E-state index is 13.2. The number of carbonyl (C=O) groups is 2. The standard InChI is InChI=1S/C21H17FN2O2/c1-14-20(25)23(21(26)24(14)18-11-9-17(22)10-12-18)13-16-7-4-6-15-5-2-3-8-19(15)16/h2-12,14H,13H2,1H3/t14-/m1/s1. The molecule has 0 aliphatic carbocycles. The van der Waals surface area contributed by atoms with Crippen molar-refractivity contribution in [3.63, 3.8) is 0 Å². The minimum atomic E-state index is -0.622. The van der Waals surface area contributed by atoms with Gasteiger partial charge in [0.25, 0.3) is 5.91 Å². The zero-order valence-electron chi connectivity index (χ0n) is 14.2. The average Bonchev–Trinajstić information content (AvgIpc) is 2.86. The third kappa shape index (κ3) is 2.62. The Labute approximate surface area is 150 Å². The van der Waals surface area contributed by atoms with E-state index in [1.54, 1.807) is 6.92 Å². The van der Waals surface area contributed by atoms with Crippen LogP contribution in [0.5, 0.6) is 0 Å². The second-order valence-electron chi connectivity index (χ2n) is 6.37. The second-order valence-corrected chi connectivity index (χ2v) is 6.37. The van der Waals surface area contributed by atoms with Crippen LogP contribution < -0.4 is 4.90 Å². The fraction of sp³-hybridized carbons (Fsp3) is 0.143. The topological polar surface area (TPSA) is 40.6 Å². The number of anilines is 1. The highest BCUT2D eigenvalue weighted by atomic mass is 19.1. The van der Waals surface area contributed by atoms with Gasteiger partial charge in [0.1, 0.15) is 11.9 Å². The zero-order chi connectivity index (χ0) is 18.3. The Balaban J connectivity index is 1.68. The van der Waals surface area contributed by atoms with E-state index in [2.05, 4.69) is 0 Å². The molecule has 0 unspecified atom stereocenters. The highest BCUT2D eigenvalue weighted by Crippen LogP contribution is 2.28. The molecule has 1 atom stereocenters. The van der Waals surface area contributed by atoms with Gasteiger partial charge in [-0.1, -0.05) is 42.5 Å². The summed E-state index contributed by atoms with van der Waals surface area (Å²) in [6, 6.07) is 18.3. The van der Waals surface area contributed by atoms with Crippen molar-refractivity contribution in [3.05, 3.63) is 78.1 Å². The Morgan fingerprint density at radius 3 is 2.38 bits per heavy atom. The summed E-state index contributed by atoms with van der Waals surface area (Å²) in [5.74, 6) is -0.640. The molecular weight excluding hydrogens is 331 g/mol. The van der Waals surface area contributed by atoms with E-state index in [1.165, 1.54) is 34.1 Å². The number of hydrogen-bond acceptors (Lipinski definition) is 2. The quantitative estimate of drug-likeness (QED) is 0.661. The van der Waals surface area contributed by atoms with E-state index in [-0.39, 0.29) is 24.3 Å². The van der Waals surface area contributed by atoms with Gasteiger partial charge in [-0.05, 0) is 47.5 Å². The predicted octanol–water partition coefficient (Wildman–Crippen LogP) is 4.34. The molecular formula is C21H17FN2O2. The van der Waals surface area contributed by atoms with Gasteiger partial charge < -0.3 is 0 Å². The van der Waals surface area contributed by atoms with Crippen LogP contribution in [0.25, 0.3) is 10.8 Å². The second kappa shape index (κ2) is 6.26. The molecule has 130 valence electrons. The highest BCUT2D eigenvalue weighted by Gasteiger charge is 2.43. The summed E-state index contributed by atoms with van der Waals surface area (Å²) in [5, 5.41) is 2.08. The molecule has 1 fully saturated rings. The normalized spacial score (nSPS) is 17.4. The lowest BCUT2D eigenvalue weighted by Crippen LogP contribution is -2.33. The highest BCUT2D eigenvalue weighted by molar-refractivity contribution is 6.14. The van der Waals surface area contributed by atoms with E-state index in [1.807, 2.05) is 42.5 Å². The molecule has 3 aromatic rings. The lowest BCUT2D eigenvalue weighted by atomic mass is 10.0. The number of halogens is 1. The number of imide groups is 1. The molecule has 0 N–H and O–H groups in total. The van der Waals surface area contributed by atoms with Gasteiger partial charge in [0, 0.05) is 5.69 Å². The molecule has 0 bridgehead atoms. The summed E-state index contributed by atoms with van der Waals surface area (Å²) < 4.78 is 13.2. The summed E-state index contributed by atoms with van der Waals surface area (Å²) in [5.41, 5.74) is 1.43. The van der Waals surface area contributed by atoms with Crippen molar-refractivity contribution in [2.24, 2.45) is 0 Å². The molecule has 4 nitrogen and oxygen atoms in total. The molecule has 4 rings (SSSR count). The predicted molar refractivity (Wildman–Crippen MR) is 98.2 cm³/mol. The van der Waals surface area contributed by atoms with Gasteiger partial charge in [0.15, 0.2) is 0 Å². The molecule has 0 saturated carbocycles. The van der Waals surface area contributed by atoms with Crippen molar-refractivity contribution in [1.82, 2.24) is 4.90 Å². The maximum absolute atomic E-state index is 13.2. The SMILES string of the molecule is C[C@@H]1C(=O)N(Cc2cccc3ccccc23)C(=O)N1c1ccc(F)cc1. The number of carbonyl (C=O) groups excluding carboxylic acids is 2. The summed E-state index contributed by atoms with van der Waals surface area (Å²) in [7, 11) is 0. The maximum Gasteiger partial charge on any atom is 0.332 e. The van der Waals surface area contributed by atoms with Gasteiger partial charge in [-0.2, -0.15) is 0 Å². The Bertz CT molecular complexity index is 995. The van der Waals surface area contributed by atoms with Crippen molar-refractivity contribution in [2.75, 3.05) is 4.90 Å². The van der Waals surface area contributed by atoms with Gasteiger partial charge >= 0.3 is 6.03 Å². The smallest absolute Gasteiger partial charge is 0.282 e. The molecule has 1 aliphatic rings. The fourth-order valence-electron chi connectivity index (χ4n) is 3.41. The number of amides is 3. The van der Waals surface area contributed by atoms with Gasteiger partial charge in [-0.3, -0.25) is 14.6 Å². The summed E-state index contributed by atoms with van der Waals surface area (Å²) in [4.78, 5) is 28.3. The van der Waals surface area contributed by atoms with Crippen molar-refractivity contribution in [1.29, 1.82) is 0 Å². The first-order chi connectivity index (χ1) is 12.6. The molecule has 26 heavy (non-hydrogen) atoms. The van der Waals surface area contributed by atoms with Crippen LogP contribution in [0.3, 0.4) is 0 Å². The lowest BCUT2D eigenvalue weighted by molar-refractivity contribution is -0.127. The molecule has 5 heteroatoms. The minimum absolute atomic E-state index is 0.209. The van der Waals surface area contributed by atoms with Crippen LogP contribution in [0.4, 0.5) is 14.9 Å².